The molecule has 20 heavy (non-hydrogen) atoms. The molecular weight excluding hydrogens is 258 g/mol. The topological polar surface area (TPSA) is 86.6 Å². The van der Waals surface area contributed by atoms with Crippen molar-refractivity contribution in [2.75, 3.05) is 6.54 Å². The molecule has 1 unspecified atom stereocenters. The van der Waals surface area contributed by atoms with Crippen LogP contribution in [0.1, 0.15) is 57.8 Å². The van der Waals surface area contributed by atoms with Crippen LogP contribution in [0.15, 0.2) is 0 Å². The van der Waals surface area contributed by atoms with E-state index in [4.69, 9.17) is 0 Å². The summed E-state index contributed by atoms with van der Waals surface area (Å²) in [6.45, 7) is 0.249. The van der Waals surface area contributed by atoms with Gasteiger partial charge in [-0.1, -0.05) is 25.7 Å². The minimum absolute atomic E-state index is 0.0414. The Labute approximate surface area is 119 Å². The summed E-state index contributed by atoms with van der Waals surface area (Å²) in [5.41, 5.74) is -0.898. The standard InChI is InChI=1S/C15H25NO4/c17-12(11-5-6-11)10-16-13(18)9-15(14(19)20)7-3-1-2-4-8-15/h11-12,17H,1-10H2,(H,16,18)(H,19,20). The van der Waals surface area contributed by atoms with Crippen LogP contribution in [-0.4, -0.2) is 34.7 Å². The molecule has 0 bridgehead atoms. The second-order valence-electron chi connectivity index (χ2n) is 6.39. The summed E-state index contributed by atoms with van der Waals surface area (Å²) in [7, 11) is 0. The van der Waals surface area contributed by atoms with Crippen molar-refractivity contribution in [3.05, 3.63) is 0 Å². The maximum atomic E-state index is 12.0. The number of hydrogen-bond acceptors (Lipinski definition) is 3. The lowest BCUT2D eigenvalue weighted by Crippen LogP contribution is -2.40. The van der Waals surface area contributed by atoms with Crippen molar-refractivity contribution in [1.82, 2.24) is 5.32 Å². The van der Waals surface area contributed by atoms with Gasteiger partial charge in [0.2, 0.25) is 5.91 Å². The van der Waals surface area contributed by atoms with Gasteiger partial charge >= 0.3 is 5.97 Å². The summed E-state index contributed by atoms with van der Waals surface area (Å²) in [5.74, 6) is -0.770. The van der Waals surface area contributed by atoms with Crippen LogP contribution in [0.5, 0.6) is 0 Å². The molecule has 0 saturated heterocycles. The van der Waals surface area contributed by atoms with Crippen LogP contribution in [0.3, 0.4) is 0 Å². The Morgan fingerprint density at radius 3 is 2.25 bits per heavy atom. The number of aliphatic hydroxyl groups excluding tert-OH is 1. The highest BCUT2D eigenvalue weighted by molar-refractivity contribution is 5.85. The van der Waals surface area contributed by atoms with Gasteiger partial charge in [0.15, 0.2) is 0 Å². The zero-order chi connectivity index (χ0) is 14.6. The van der Waals surface area contributed by atoms with Gasteiger partial charge in [0, 0.05) is 13.0 Å². The van der Waals surface area contributed by atoms with Crippen LogP contribution in [0.25, 0.3) is 0 Å². The number of carboxylic acids is 1. The summed E-state index contributed by atoms with van der Waals surface area (Å²) in [6.07, 6.45) is 6.64. The molecule has 5 nitrogen and oxygen atoms in total. The molecule has 5 heteroatoms. The van der Waals surface area contributed by atoms with E-state index < -0.39 is 17.5 Å². The van der Waals surface area contributed by atoms with Crippen molar-refractivity contribution >= 4 is 11.9 Å². The van der Waals surface area contributed by atoms with Gasteiger partial charge in [-0.15, -0.1) is 0 Å². The monoisotopic (exact) mass is 283 g/mol. The van der Waals surface area contributed by atoms with E-state index in [1.165, 1.54) is 0 Å². The SMILES string of the molecule is O=C(CC1(C(=O)O)CCCCCC1)NCC(O)C1CC1. The lowest BCUT2D eigenvalue weighted by atomic mass is 9.77. The zero-order valence-corrected chi connectivity index (χ0v) is 11.9. The molecule has 0 aromatic carbocycles. The van der Waals surface area contributed by atoms with E-state index >= 15 is 0 Å². The number of aliphatic carboxylic acids is 1. The highest BCUT2D eigenvalue weighted by atomic mass is 16.4. The van der Waals surface area contributed by atoms with Crippen LogP contribution in [0.2, 0.25) is 0 Å². The van der Waals surface area contributed by atoms with Crippen LogP contribution in [0, 0.1) is 11.3 Å². The van der Waals surface area contributed by atoms with Crippen molar-refractivity contribution in [1.29, 1.82) is 0 Å². The summed E-state index contributed by atoms with van der Waals surface area (Å²) in [4.78, 5) is 23.6. The lowest BCUT2D eigenvalue weighted by Gasteiger charge is -2.27. The molecule has 114 valence electrons. The largest absolute Gasteiger partial charge is 0.481 e. The van der Waals surface area contributed by atoms with Gasteiger partial charge in [0.05, 0.1) is 11.5 Å². The highest BCUT2D eigenvalue weighted by Crippen LogP contribution is 2.38. The number of rotatable bonds is 6. The normalized spacial score (nSPS) is 23.6. The maximum absolute atomic E-state index is 12.0. The number of carbonyl (C=O) groups excluding carboxylic acids is 1. The van der Waals surface area contributed by atoms with Crippen molar-refractivity contribution < 1.29 is 19.8 Å². The van der Waals surface area contributed by atoms with Crippen LogP contribution in [-0.2, 0) is 9.59 Å². The Bertz CT molecular complexity index is 357. The van der Waals surface area contributed by atoms with Gasteiger partial charge in [-0.3, -0.25) is 9.59 Å². The van der Waals surface area contributed by atoms with Crippen molar-refractivity contribution in [2.24, 2.45) is 11.3 Å². The first-order valence-corrected chi connectivity index (χ1v) is 7.72. The number of aliphatic hydroxyl groups is 1. The fourth-order valence-electron chi connectivity index (χ4n) is 3.11. The third kappa shape index (κ3) is 3.95. The van der Waals surface area contributed by atoms with Gasteiger partial charge in [0.25, 0.3) is 0 Å². The summed E-state index contributed by atoms with van der Waals surface area (Å²) in [6, 6.07) is 0. The Balaban J connectivity index is 1.86. The fraction of sp³-hybridized carbons (Fsp3) is 0.867. The van der Waals surface area contributed by atoms with Crippen LogP contribution in [0.4, 0.5) is 0 Å². The molecule has 0 spiro atoms. The molecular formula is C15H25NO4. The lowest BCUT2D eigenvalue weighted by molar-refractivity contribution is -0.153. The van der Waals surface area contributed by atoms with Gasteiger partial charge in [-0.2, -0.15) is 0 Å². The number of hydrogen-bond donors (Lipinski definition) is 3. The van der Waals surface area contributed by atoms with E-state index in [1.54, 1.807) is 0 Å². The van der Waals surface area contributed by atoms with E-state index in [2.05, 4.69) is 5.32 Å². The second-order valence-corrected chi connectivity index (χ2v) is 6.39. The first kappa shape index (κ1) is 15.3. The molecule has 0 heterocycles. The first-order valence-electron chi connectivity index (χ1n) is 7.72. The van der Waals surface area contributed by atoms with E-state index in [9.17, 15) is 19.8 Å². The molecule has 2 saturated carbocycles. The minimum Gasteiger partial charge on any atom is -0.481 e. The average molecular weight is 283 g/mol. The van der Waals surface area contributed by atoms with Gasteiger partial charge in [-0.05, 0) is 31.6 Å². The van der Waals surface area contributed by atoms with Gasteiger partial charge < -0.3 is 15.5 Å². The van der Waals surface area contributed by atoms with E-state index in [1.807, 2.05) is 0 Å². The quantitative estimate of drug-likeness (QED) is 0.647. The molecule has 1 amide bonds. The van der Waals surface area contributed by atoms with Crippen LogP contribution >= 0.6 is 0 Å². The number of nitrogens with one attached hydrogen (secondary N) is 1. The molecule has 2 aliphatic rings. The predicted octanol–water partition coefficient (Wildman–Crippen LogP) is 1.69. The molecule has 2 fully saturated rings. The minimum atomic E-state index is -0.898. The Morgan fingerprint density at radius 1 is 1.15 bits per heavy atom. The zero-order valence-electron chi connectivity index (χ0n) is 11.9. The Morgan fingerprint density at radius 2 is 1.75 bits per heavy atom. The van der Waals surface area contributed by atoms with Crippen LogP contribution < -0.4 is 5.32 Å². The molecule has 3 N–H and O–H groups in total. The first-order chi connectivity index (χ1) is 9.53. The highest BCUT2D eigenvalue weighted by Gasteiger charge is 2.40. The van der Waals surface area contributed by atoms with Crippen molar-refractivity contribution in [3.8, 4) is 0 Å². The average Bonchev–Trinajstić information content (AvgIpc) is 3.23. The predicted molar refractivity (Wildman–Crippen MR) is 74.1 cm³/mol. The molecule has 0 radical (unpaired) electrons. The molecule has 0 aromatic rings. The number of carboxylic acid groups (broad SMARTS) is 1. The van der Waals surface area contributed by atoms with Crippen molar-refractivity contribution in [2.45, 2.75) is 63.9 Å². The van der Waals surface area contributed by atoms with E-state index in [0.29, 0.717) is 18.8 Å². The molecule has 2 rings (SSSR count). The summed E-state index contributed by atoms with van der Waals surface area (Å²) < 4.78 is 0. The van der Waals surface area contributed by atoms with E-state index in [-0.39, 0.29) is 18.9 Å². The number of carbonyl (C=O) groups is 2. The fourth-order valence-corrected chi connectivity index (χ4v) is 3.11. The van der Waals surface area contributed by atoms with Crippen molar-refractivity contribution in [3.63, 3.8) is 0 Å². The molecule has 1 atom stereocenters. The van der Waals surface area contributed by atoms with Gasteiger partial charge in [-0.25, -0.2) is 0 Å². The van der Waals surface area contributed by atoms with E-state index in [0.717, 1.165) is 38.5 Å². The number of amides is 1. The molecule has 2 aliphatic carbocycles. The third-order valence-electron chi connectivity index (χ3n) is 4.69. The molecule has 0 aromatic heterocycles. The van der Waals surface area contributed by atoms with Gasteiger partial charge in [0.1, 0.15) is 0 Å². The third-order valence-corrected chi connectivity index (χ3v) is 4.69. The second kappa shape index (κ2) is 6.57. The Kier molecular flexibility index (Phi) is 5.02. The Hall–Kier alpha value is -1.10. The molecule has 0 aliphatic heterocycles. The smallest absolute Gasteiger partial charge is 0.310 e. The maximum Gasteiger partial charge on any atom is 0.310 e. The summed E-state index contributed by atoms with van der Waals surface area (Å²) >= 11 is 0. The summed E-state index contributed by atoms with van der Waals surface area (Å²) in [5, 5.41) is 21.9.